The van der Waals surface area contributed by atoms with E-state index in [1.54, 1.807) is 6.20 Å². The number of rotatable bonds is 3. The van der Waals surface area contributed by atoms with Crippen LogP contribution in [0.1, 0.15) is 36.8 Å². The monoisotopic (exact) mass is 264 g/mol. The van der Waals surface area contributed by atoms with E-state index < -0.39 is 5.97 Å². The molecule has 6 heteroatoms. The van der Waals surface area contributed by atoms with Gasteiger partial charge in [-0.3, -0.25) is 0 Å². The summed E-state index contributed by atoms with van der Waals surface area (Å²) >= 11 is 0. The van der Waals surface area contributed by atoms with Crippen LogP contribution in [-0.2, 0) is 4.74 Å². The van der Waals surface area contributed by atoms with Crippen LogP contribution in [-0.4, -0.2) is 41.7 Å². The number of nitrogens with two attached hydrogens (primary N) is 1. The normalized spacial score (nSPS) is 23.2. The number of carbonyl (C=O) groups is 1. The van der Waals surface area contributed by atoms with Gasteiger partial charge < -0.3 is 15.4 Å². The fraction of sp³-hybridized carbons (Fsp3) is 0.615. The van der Waals surface area contributed by atoms with Crippen LogP contribution in [0.5, 0.6) is 0 Å². The number of piperidine rings is 1. The highest BCUT2D eigenvalue weighted by Gasteiger charge is 2.28. The summed E-state index contributed by atoms with van der Waals surface area (Å²) in [6.45, 7) is 2.74. The molecule has 0 aliphatic carbocycles. The number of carbonyl (C=O) groups excluding carboxylic acids is 1. The van der Waals surface area contributed by atoms with Gasteiger partial charge in [-0.2, -0.15) is 0 Å². The van der Waals surface area contributed by atoms with Gasteiger partial charge in [0.15, 0.2) is 0 Å². The molecule has 2 N–H and O–H groups in total. The van der Waals surface area contributed by atoms with Crippen molar-refractivity contribution in [3.63, 3.8) is 0 Å². The van der Waals surface area contributed by atoms with Gasteiger partial charge in [-0.25, -0.2) is 14.8 Å². The molecule has 0 spiro atoms. The Morgan fingerprint density at radius 3 is 3.05 bits per heavy atom. The highest BCUT2D eigenvalue weighted by atomic mass is 16.5. The molecule has 0 saturated carbocycles. The molecule has 1 fully saturated rings. The van der Waals surface area contributed by atoms with Gasteiger partial charge in [0.1, 0.15) is 5.82 Å². The SMILES string of the molecule is COC(=O)c1nccc(N2C(C)CCCC2CN)n1. The molecule has 19 heavy (non-hydrogen) atoms. The van der Waals surface area contributed by atoms with Crippen molar-refractivity contribution in [1.82, 2.24) is 9.97 Å². The second-order valence-electron chi connectivity index (χ2n) is 4.81. The number of nitrogens with zero attached hydrogens (tertiary/aromatic N) is 3. The Morgan fingerprint density at radius 1 is 1.58 bits per heavy atom. The highest BCUT2D eigenvalue weighted by molar-refractivity contribution is 5.85. The number of anilines is 1. The molecule has 1 aliphatic heterocycles. The molecule has 1 aliphatic rings. The summed E-state index contributed by atoms with van der Waals surface area (Å²) < 4.78 is 4.65. The first kappa shape index (κ1) is 13.7. The quantitative estimate of drug-likeness (QED) is 0.819. The van der Waals surface area contributed by atoms with E-state index in [-0.39, 0.29) is 11.9 Å². The highest BCUT2D eigenvalue weighted by Crippen LogP contribution is 2.27. The Bertz CT molecular complexity index is 452. The van der Waals surface area contributed by atoms with Gasteiger partial charge in [0.2, 0.25) is 5.82 Å². The predicted octanol–water partition coefficient (Wildman–Crippen LogP) is 0.969. The van der Waals surface area contributed by atoms with E-state index in [2.05, 4.69) is 26.5 Å². The maximum atomic E-state index is 11.5. The van der Waals surface area contributed by atoms with E-state index in [4.69, 9.17) is 5.73 Å². The molecule has 2 rings (SSSR count). The topological polar surface area (TPSA) is 81.3 Å². The molecule has 6 nitrogen and oxygen atoms in total. The van der Waals surface area contributed by atoms with Crippen LogP contribution in [0, 0.1) is 0 Å². The third-order valence-electron chi connectivity index (χ3n) is 3.57. The Labute approximate surface area is 113 Å². The smallest absolute Gasteiger partial charge is 0.376 e. The molecule has 0 aromatic carbocycles. The van der Waals surface area contributed by atoms with Crippen LogP contribution >= 0.6 is 0 Å². The molecular weight excluding hydrogens is 244 g/mol. The van der Waals surface area contributed by atoms with Gasteiger partial charge in [-0.15, -0.1) is 0 Å². The van der Waals surface area contributed by atoms with Gasteiger partial charge in [-0.1, -0.05) is 0 Å². The van der Waals surface area contributed by atoms with E-state index in [1.807, 2.05) is 6.07 Å². The van der Waals surface area contributed by atoms with Crippen molar-refractivity contribution in [2.45, 2.75) is 38.3 Å². The van der Waals surface area contributed by atoms with E-state index in [0.29, 0.717) is 12.6 Å². The fourth-order valence-electron chi connectivity index (χ4n) is 2.61. The minimum Gasteiger partial charge on any atom is -0.463 e. The Balaban J connectivity index is 2.30. The summed E-state index contributed by atoms with van der Waals surface area (Å²) in [4.78, 5) is 21.9. The number of esters is 1. The molecule has 0 amide bonds. The number of hydrogen-bond acceptors (Lipinski definition) is 6. The molecule has 2 heterocycles. The minimum absolute atomic E-state index is 0.0912. The third kappa shape index (κ3) is 2.84. The predicted molar refractivity (Wildman–Crippen MR) is 72.0 cm³/mol. The summed E-state index contributed by atoms with van der Waals surface area (Å²) in [6.07, 6.45) is 4.92. The van der Waals surface area contributed by atoms with Gasteiger partial charge >= 0.3 is 5.97 Å². The summed E-state index contributed by atoms with van der Waals surface area (Å²) in [6, 6.07) is 2.45. The van der Waals surface area contributed by atoms with Gasteiger partial charge in [0.25, 0.3) is 0 Å². The lowest BCUT2D eigenvalue weighted by Gasteiger charge is -2.41. The van der Waals surface area contributed by atoms with Gasteiger partial charge in [0.05, 0.1) is 7.11 Å². The van der Waals surface area contributed by atoms with E-state index in [9.17, 15) is 4.79 Å². The second-order valence-corrected chi connectivity index (χ2v) is 4.81. The number of methoxy groups -OCH3 is 1. The average molecular weight is 264 g/mol. The Kier molecular flexibility index (Phi) is 4.31. The van der Waals surface area contributed by atoms with Crippen LogP contribution in [0.25, 0.3) is 0 Å². The molecule has 2 unspecified atom stereocenters. The van der Waals surface area contributed by atoms with Crippen LogP contribution in [0.2, 0.25) is 0 Å². The zero-order chi connectivity index (χ0) is 13.8. The van der Waals surface area contributed by atoms with Crippen molar-refractivity contribution in [1.29, 1.82) is 0 Å². The molecule has 1 aromatic rings. The van der Waals surface area contributed by atoms with Crippen molar-refractivity contribution in [3.8, 4) is 0 Å². The number of ether oxygens (including phenoxy) is 1. The molecule has 104 valence electrons. The second kappa shape index (κ2) is 5.97. The lowest BCUT2D eigenvalue weighted by Crippen LogP contribution is -2.49. The lowest BCUT2D eigenvalue weighted by molar-refractivity contribution is 0.0586. The average Bonchev–Trinajstić information content (AvgIpc) is 2.46. The first-order valence-corrected chi connectivity index (χ1v) is 6.57. The van der Waals surface area contributed by atoms with Crippen molar-refractivity contribution in [2.24, 2.45) is 5.73 Å². The maximum Gasteiger partial charge on any atom is 0.376 e. The Hall–Kier alpha value is -1.69. The van der Waals surface area contributed by atoms with E-state index in [0.717, 1.165) is 18.7 Å². The number of hydrogen-bond donors (Lipinski definition) is 1. The molecule has 2 atom stereocenters. The first-order chi connectivity index (χ1) is 9.17. The first-order valence-electron chi connectivity index (χ1n) is 6.57. The van der Waals surface area contributed by atoms with Gasteiger partial charge in [-0.05, 0) is 32.3 Å². The zero-order valence-electron chi connectivity index (χ0n) is 11.4. The summed E-state index contributed by atoms with van der Waals surface area (Å²) in [5.74, 6) is 0.322. The van der Waals surface area contributed by atoms with Crippen molar-refractivity contribution >= 4 is 11.8 Å². The minimum atomic E-state index is -0.518. The van der Waals surface area contributed by atoms with Crippen LogP contribution in [0.3, 0.4) is 0 Å². The van der Waals surface area contributed by atoms with Crippen molar-refractivity contribution in [3.05, 3.63) is 18.1 Å². The number of aromatic nitrogens is 2. The summed E-state index contributed by atoms with van der Waals surface area (Å²) in [5.41, 5.74) is 5.84. The van der Waals surface area contributed by atoms with Crippen LogP contribution < -0.4 is 10.6 Å². The van der Waals surface area contributed by atoms with Crippen LogP contribution in [0.15, 0.2) is 12.3 Å². The lowest BCUT2D eigenvalue weighted by atomic mass is 9.96. The summed E-state index contributed by atoms with van der Waals surface area (Å²) in [5, 5.41) is 0. The summed E-state index contributed by atoms with van der Waals surface area (Å²) in [7, 11) is 1.32. The molecule has 1 saturated heterocycles. The maximum absolute atomic E-state index is 11.5. The third-order valence-corrected chi connectivity index (χ3v) is 3.57. The molecule has 0 radical (unpaired) electrons. The largest absolute Gasteiger partial charge is 0.463 e. The van der Waals surface area contributed by atoms with E-state index in [1.165, 1.54) is 13.5 Å². The zero-order valence-corrected chi connectivity index (χ0v) is 11.4. The molecule has 1 aromatic heterocycles. The fourth-order valence-corrected chi connectivity index (χ4v) is 2.61. The van der Waals surface area contributed by atoms with Crippen molar-refractivity contribution in [2.75, 3.05) is 18.6 Å². The van der Waals surface area contributed by atoms with Gasteiger partial charge in [0, 0.05) is 24.8 Å². The molecule has 0 bridgehead atoms. The van der Waals surface area contributed by atoms with Crippen molar-refractivity contribution < 1.29 is 9.53 Å². The standard InChI is InChI=1S/C13H20N4O2/c1-9-4-3-5-10(8-14)17(9)11-6-7-15-12(16-11)13(18)19-2/h6-7,9-10H,3-5,8,14H2,1-2H3. The Morgan fingerprint density at radius 2 is 2.37 bits per heavy atom. The van der Waals surface area contributed by atoms with E-state index >= 15 is 0 Å². The molecular formula is C13H20N4O2. The van der Waals surface area contributed by atoms with Crippen LogP contribution in [0.4, 0.5) is 5.82 Å².